The molecule has 6 heteroatoms. The number of ether oxygens (including phenoxy) is 1. The highest BCUT2D eigenvalue weighted by Crippen LogP contribution is 2.22. The van der Waals surface area contributed by atoms with Gasteiger partial charge >= 0.3 is 5.97 Å². The van der Waals surface area contributed by atoms with E-state index in [1.807, 2.05) is 0 Å². The summed E-state index contributed by atoms with van der Waals surface area (Å²) in [6, 6.07) is 4.29. The van der Waals surface area contributed by atoms with Crippen molar-refractivity contribution in [3.63, 3.8) is 0 Å². The number of rotatable bonds is 4. The van der Waals surface area contributed by atoms with Gasteiger partial charge in [0.2, 0.25) is 5.91 Å². The number of anilines is 1. The van der Waals surface area contributed by atoms with E-state index in [4.69, 9.17) is 9.84 Å². The van der Waals surface area contributed by atoms with Crippen LogP contribution >= 0.6 is 0 Å². The van der Waals surface area contributed by atoms with Gasteiger partial charge < -0.3 is 20.5 Å². The van der Waals surface area contributed by atoms with Gasteiger partial charge in [0.25, 0.3) is 0 Å². The van der Waals surface area contributed by atoms with Crippen LogP contribution in [0.2, 0.25) is 0 Å². The summed E-state index contributed by atoms with van der Waals surface area (Å²) < 4.78 is 4.98. The standard InChI is InChI=1S/C13H16N2O4/c1-19-8-4-5-10(9(7-8)13(17)18)15-12(16)11-3-2-6-14-11/h4-5,7,11,14H,2-3,6H2,1H3,(H,15,16)(H,17,18)/t11-/m0/s1. The lowest BCUT2D eigenvalue weighted by atomic mass is 10.1. The van der Waals surface area contributed by atoms with E-state index >= 15 is 0 Å². The Morgan fingerprint density at radius 1 is 1.47 bits per heavy atom. The fourth-order valence-electron chi connectivity index (χ4n) is 2.06. The highest BCUT2D eigenvalue weighted by atomic mass is 16.5. The number of amides is 1. The first-order valence-corrected chi connectivity index (χ1v) is 6.07. The normalized spacial score (nSPS) is 18.1. The Labute approximate surface area is 110 Å². The first kappa shape index (κ1) is 13.4. The van der Waals surface area contributed by atoms with Crippen molar-refractivity contribution >= 4 is 17.6 Å². The summed E-state index contributed by atoms with van der Waals surface area (Å²) in [5.41, 5.74) is 0.303. The molecule has 102 valence electrons. The second-order valence-corrected chi connectivity index (χ2v) is 4.35. The molecule has 1 aliphatic rings. The van der Waals surface area contributed by atoms with Gasteiger partial charge in [0.1, 0.15) is 5.75 Å². The number of methoxy groups -OCH3 is 1. The molecule has 2 rings (SSSR count). The number of hydrogen-bond acceptors (Lipinski definition) is 4. The number of nitrogens with one attached hydrogen (secondary N) is 2. The molecule has 0 unspecified atom stereocenters. The number of benzene rings is 1. The van der Waals surface area contributed by atoms with Crippen molar-refractivity contribution in [3.05, 3.63) is 23.8 Å². The van der Waals surface area contributed by atoms with Gasteiger partial charge in [-0.25, -0.2) is 4.79 Å². The molecular weight excluding hydrogens is 248 g/mol. The van der Waals surface area contributed by atoms with Crippen LogP contribution in [0, 0.1) is 0 Å². The molecule has 0 spiro atoms. The third-order valence-corrected chi connectivity index (χ3v) is 3.09. The number of hydrogen-bond donors (Lipinski definition) is 3. The van der Waals surface area contributed by atoms with Crippen LogP contribution in [-0.4, -0.2) is 36.7 Å². The molecule has 0 aromatic heterocycles. The number of carbonyl (C=O) groups excluding carboxylic acids is 1. The minimum Gasteiger partial charge on any atom is -0.497 e. The molecule has 1 aromatic carbocycles. The molecule has 0 aliphatic carbocycles. The summed E-state index contributed by atoms with van der Waals surface area (Å²) in [6.45, 7) is 0.812. The summed E-state index contributed by atoms with van der Waals surface area (Å²) in [5, 5.41) is 14.9. The van der Waals surface area contributed by atoms with Crippen molar-refractivity contribution in [2.24, 2.45) is 0 Å². The summed E-state index contributed by atoms with van der Waals surface area (Å²) in [6.07, 6.45) is 1.72. The number of aromatic carboxylic acids is 1. The molecule has 0 saturated carbocycles. The first-order valence-electron chi connectivity index (χ1n) is 6.07. The van der Waals surface area contributed by atoms with Crippen LogP contribution in [0.5, 0.6) is 5.75 Å². The number of carboxylic acid groups (broad SMARTS) is 1. The van der Waals surface area contributed by atoms with E-state index in [0.717, 1.165) is 19.4 Å². The molecule has 1 aromatic rings. The predicted octanol–water partition coefficient (Wildman–Crippen LogP) is 1.08. The second kappa shape index (κ2) is 5.71. The van der Waals surface area contributed by atoms with E-state index in [0.29, 0.717) is 5.75 Å². The molecule has 3 N–H and O–H groups in total. The molecule has 0 radical (unpaired) electrons. The van der Waals surface area contributed by atoms with Gasteiger partial charge in [-0.15, -0.1) is 0 Å². The van der Waals surface area contributed by atoms with E-state index in [-0.39, 0.29) is 23.2 Å². The van der Waals surface area contributed by atoms with Crippen molar-refractivity contribution in [1.82, 2.24) is 5.32 Å². The van der Waals surface area contributed by atoms with Crippen molar-refractivity contribution in [3.8, 4) is 5.75 Å². The van der Waals surface area contributed by atoms with Crippen LogP contribution in [0.1, 0.15) is 23.2 Å². The lowest BCUT2D eigenvalue weighted by molar-refractivity contribution is -0.117. The lowest BCUT2D eigenvalue weighted by Gasteiger charge is -2.13. The van der Waals surface area contributed by atoms with Gasteiger partial charge in [-0.2, -0.15) is 0 Å². The van der Waals surface area contributed by atoms with E-state index in [2.05, 4.69) is 10.6 Å². The van der Waals surface area contributed by atoms with Crippen molar-refractivity contribution < 1.29 is 19.4 Å². The summed E-state index contributed by atoms with van der Waals surface area (Å²) in [4.78, 5) is 23.1. The maximum atomic E-state index is 11.9. The van der Waals surface area contributed by atoms with E-state index in [1.165, 1.54) is 19.2 Å². The molecule has 1 atom stereocenters. The SMILES string of the molecule is COc1ccc(NC(=O)[C@@H]2CCCN2)c(C(=O)O)c1. The minimum atomic E-state index is -1.10. The Morgan fingerprint density at radius 2 is 2.26 bits per heavy atom. The zero-order valence-corrected chi connectivity index (χ0v) is 10.6. The molecule has 6 nitrogen and oxygen atoms in total. The zero-order chi connectivity index (χ0) is 13.8. The highest BCUT2D eigenvalue weighted by Gasteiger charge is 2.23. The largest absolute Gasteiger partial charge is 0.497 e. The Balaban J connectivity index is 2.19. The van der Waals surface area contributed by atoms with Gasteiger partial charge in [-0.1, -0.05) is 0 Å². The molecule has 19 heavy (non-hydrogen) atoms. The van der Waals surface area contributed by atoms with E-state index in [1.54, 1.807) is 6.07 Å². The molecular formula is C13H16N2O4. The van der Waals surface area contributed by atoms with Crippen LogP contribution in [-0.2, 0) is 4.79 Å². The quantitative estimate of drug-likeness (QED) is 0.757. The second-order valence-electron chi connectivity index (χ2n) is 4.35. The average Bonchev–Trinajstić information content (AvgIpc) is 2.92. The first-order chi connectivity index (χ1) is 9.11. The lowest BCUT2D eigenvalue weighted by Crippen LogP contribution is -2.35. The third-order valence-electron chi connectivity index (χ3n) is 3.09. The Morgan fingerprint density at radius 3 is 2.84 bits per heavy atom. The Bertz CT molecular complexity index is 495. The smallest absolute Gasteiger partial charge is 0.337 e. The van der Waals surface area contributed by atoms with Gasteiger partial charge in [0.05, 0.1) is 24.4 Å². The maximum Gasteiger partial charge on any atom is 0.337 e. The molecule has 1 fully saturated rings. The van der Waals surface area contributed by atoms with Crippen molar-refractivity contribution in [2.45, 2.75) is 18.9 Å². The fourth-order valence-corrected chi connectivity index (χ4v) is 2.06. The maximum absolute atomic E-state index is 11.9. The van der Waals surface area contributed by atoms with E-state index < -0.39 is 5.97 Å². The fraction of sp³-hybridized carbons (Fsp3) is 0.385. The van der Waals surface area contributed by atoms with Crippen LogP contribution in [0.4, 0.5) is 5.69 Å². The summed E-state index contributed by atoms with van der Waals surface area (Å²) in [5.74, 6) is -0.867. The summed E-state index contributed by atoms with van der Waals surface area (Å²) in [7, 11) is 1.46. The topological polar surface area (TPSA) is 87.7 Å². The number of carboxylic acids is 1. The minimum absolute atomic E-state index is 0.0192. The molecule has 1 aliphatic heterocycles. The third kappa shape index (κ3) is 3.03. The molecule has 1 saturated heterocycles. The zero-order valence-electron chi connectivity index (χ0n) is 10.6. The molecule has 1 heterocycles. The Kier molecular flexibility index (Phi) is 4.01. The molecule has 0 bridgehead atoms. The van der Waals surface area contributed by atoms with Gasteiger partial charge in [-0.3, -0.25) is 4.79 Å². The predicted molar refractivity (Wildman–Crippen MR) is 69.6 cm³/mol. The number of carbonyl (C=O) groups is 2. The van der Waals surface area contributed by atoms with Gasteiger partial charge in [0, 0.05) is 0 Å². The van der Waals surface area contributed by atoms with E-state index in [9.17, 15) is 9.59 Å². The highest BCUT2D eigenvalue weighted by molar-refractivity contribution is 6.02. The van der Waals surface area contributed by atoms with Crippen LogP contribution in [0.3, 0.4) is 0 Å². The van der Waals surface area contributed by atoms with Crippen LogP contribution in [0.15, 0.2) is 18.2 Å². The van der Waals surface area contributed by atoms with Crippen molar-refractivity contribution in [1.29, 1.82) is 0 Å². The van der Waals surface area contributed by atoms with Crippen LogP contribution in [0.25, 0.3) is 0 Å². The average molecular weight is 264 g/mol. The Hall–Kier alpha value is -2.08. The van der Waals surface area contributed by atoms with Gasteiger partial charge in [-0.05, 0) is 37.6 Å². The van der Waals surface area contributed by atoms with Crippen molar-refractivity contribution in [2.75, 3.05) is 19.0 Å². The van der Waals surface area contributed by atoms with Crippen LogP contribution < -0.4 is 15.4 Å². The monoisotopic (exact) mass is 264 g/mol. The van der Waals surface area contributed by atoms with Gasteiger partial charge in [0.15, 0.2) is 0 Å². The summed E-state index contributed by atoms with van der Waals surface area (Å²) >= 11 is 0. The molecule has 1 amide bonds.